The molecule has 0 radical (unpaired) electrons. The largest absolute Gasteiger partial charge is 0.416 e. The van der Waals surface area contributed by atoms with Crippen molar-refractivity contribution in [1.82, 2.24) is 0 Å². The van der Waals surface area contributed by atoms with Gasteiger partial charge in [-0.25, -0.2) is 0 Å². The summed E-state index contributed by atoms with van der Waals surface area (Å²) in [6.07, 6.45) is -2.57. The number of hydrogen-bond acceptors (Lipinski definition) is 5. The van der Waals surface area contributed by atoms with Crippen LogP contribution in [0.3, 0.4) is 0 Å². The molecule has 8 nitrogen and oxygen atoms in total. The van der Waals surface area contributed by atoms with E-state index in [1.54, 1.807) is 30.3 Å². The van der Waals surface area contributed by atoms with Crippen LogP contribution in [0.1, 0.15) is 32.6 Å². The zero-order valence-electron chi connectivity index (χ0n) is 21.7. The van der Waals surface area contributed by atoms with Gasteiger partial charge in [0.2, 0.25) is 11.8 Å². The Labute approximate surface area is 237 Å². The number of non-ortho nitro benzene ring substituents is 1. The molecule has 4 rings (SSSR count). The maximum absolute atomic E-state index is 13.4. The second kappa shape index (κ2) is 12.7. The average Bonchev–Trinajstić information content (AvgIpc) is 2.97. The molecule has 4 aromatic carbocycles. The maximum Gasteiger partial charge on any atom is 0.416 e. The van der Waals surface area contributed by atoms with Gasteiger partial charge in [0.05, 0.1) is 22.6 Å². The lowest BCUT2D eigenvalue weighted by atomic mass is 10.00. The minimum absolute atomic E-state index is 0.0100. The van der Waals surface area contributed by atoms with E-state index in [1.165, 1.54) is 72.8 Å². The number of halogens is 3. The van der Waals surface area contributed by atoms with Crippen molar-refractivity contribution in [3.05, 3.63) is 141 Å². The fourth-order valence-corrected chi connectivity index (χ4v) is 4.05. The molecule has 11 heteroatoms. The van der Waals surface area contributed by atoms with Gasteiger partial charge in [-0.2, -0.15) is 13.2 Å². The highest BCUT2D eigenvalue weighted by Gasteiger charge is 2.33. The van der Waals surface area contributed by atoms with E-state index in [0.717, 1.165) is 6.07 Å². The Morgan fingerprint density at radius 1 is 0.833 bits per heavy atom. The third-order valence-electron chi connectivity index (χ3n) is 6.05. The van der Waals surface area contributed by atoms with Crippen molar-refractivity contribution in [3.63, 3.8) is 0 Å². The summed E-state index contributed by atoms with van der Waals surface area (Å²) in [6, 6.07) is 22.6. The summed E-state index contributed by atoms with van der Waals surface area (Å²) < 4.78 is 40.2. The number of ketones is 1. The molecule has 0 atom stereocenters. The molecule has 0 aliphatic carbocycles. The van der Waals surface area contributed by atoms with Crippen LogP contribution in [0.15, 0.2) is 103 Å². The normalized spacial score (nSPS) is 11.2. The number of amides is 2. The van der Waals surface area contributed by atoms with Crippen molar-refractivity contribution >= 4 is 40.7 Å². The van der Waals surface area contributed by atoms with Crippen molar-refractivity contribution in [2.45, 2.75) is 12.6 Å². The van der Waals surface area contributed by atoms with Gasteiger partial charge in [-0.15, -0.1) is 0 Å². The number of carbonyl (C=O) groups excluding carboxylic acids is 3. The van der Waals surface area contributed by atoms with Crippen LogP contribution < -0.4 is 10.6 Å². The number of rotatable bonds is 9. The SMILES string of the molecule is O=C(/C=C/c1ccc([N+](=O)[O-])cc1)Nc1ccc(NC(=O)Cc2ccccc2C(F)(F)F)c(C(=O)c2ccccc2)c1. The summed E-state index contributed by atoms with van der Waals surface area (Å²) in [6.45, 7) is 0. The lowest BCUT2D eigenvalue weighted by molar-refractivity contribution is -0.384. The van der Waals surface area contributed by atoms with Gasteiger partial charge >= 0.3 is 6.18 Å². The molecule has 0 bridgehead atoms. The van der Waals surface area contributed by atoms with Crippen molar-refractivity contribution in [1.29, 1.82) is 0 Å². The van der Waals surface area contributed by atoms with E-state index < -0.39 is 40.7 Å². The van der Waals surface area contributed by atoms with Crippen LogP contribution in [0.5, 0.6) is 0 Å². The number of anilines is 2. The van der Waals surface area contributed by atoms with E-state index in [1.807, 2.05) is 0 Å². The number of alkyl halides is 3. The highest BCUT2D eigenvalue weighted by Crippen LogP contribution is 2.32. The van der Waals surface area contributed by atoms with E-state index in [2.05, 4.69) is 10.6 Å². The number of carbonyl (C=O) groups is 3. The van der Waals surface area contributed by atoms with E-state index in [0.29, 0.717) is 5.56 Å². The Hall–Kier alpha value is -5.58. The topological polar surface area (TPSA) is 118 Å². The van der Waals surface area contributed by atoms with Gasteiger partial charge < -0.3 is 10.6 Å². The summed E-state index contributed by atoms with van der Waals surface area (Å²) in [5.41, 5.74) is -0.133. The molecule has 0 aliphatic heterocycles. The Morgan fingerprint density at radius 2 is 1.50 bits per heavy atom. The second-order valence-electron chi connectivity index (χ2n) is 9.01. The van der Waals surface area contributed by atoms with E-state index in [-0.39, 0.29) is 33.8 Å². The molecule has 0 saturated carbocycles. The van der Waals surface area contributed by atoms with Crippen molar-refractivity contribution < 1.29 is 32.5 Å². The standard InChI is InChI=1S/C31H22F3N3O5/c32-31(33,34)26-9-5-4-8-22(26)18-29(39)36-27-16-13-23(19-25(27)30(40)21-6-2-1-3-7-21)35-28(38)17-12-20-10-14-24(15-11-20)37(41)42/h1-17,19H,18H2,(H,35,38)(H,36,39)/b17-12+. The molecule has 0 unspecified atom stereocenters. The van der Waals surface area contributed by atoms with Crippen LogP contribution in [-0.4, -0.2) is 22.5 Å². The van der Waals surface area contributed by atoms with Gasteiger partial charge in [-0.05, 0) is 53.6 Å². The minimum atomic E-state index is -4.64. The van der Waals surface area contributed by atoms with Gasteiger partial charge in [0.1, 0.15) is 0 Å². The van der Waals surface area contributed by atoms with Gasteiger partial charge in [0.25, 0.3) is 5.69 Å². The summed E-state index contributed by atoms with van der Waals surface area (Å²) in [7, 11) is 0. The zero-order chi connectivity index (χ0) is 30.3. The predicted octanol–water partition coefficient (Wildman–Crippen LogP) is 6.68. The fraction of sp³-hybridized carbons (Fsp3) is 0.0645. The monoisotopic (exact) mass is 573 g/mol. The second-order valence-corrected chi connectivity index (χ2v) is 9.01. The summed E-state index contributed by atoms with van der Waals surface area (Å²) in [4.78, 5) is 48.9. The number of nitrogens with zero attached hydrogens (tertiary/aromatic N) is 1. The van der Waals surface area contributed by atoms with Crippen LogP contribution in [0.4, 0.5) is 30.2 Å². The summed E-state index contributed by atoms with van der Waals surface area (Å²) in [5.74, 6) is -1.82. The Morgan fingerprint density at radius 3 is 2.17 bits per heavy atom. The third kappa shape index (κ3) is 7.54. The number of nitrogens with one attached hydrogen (secondary N) is 2. The Kier molecular flexibility index (Phi) is 8.91. The third-order valence-corrected chi connectivity index (χ3v) is 6.05. The van der Waals surface area contributed by atoms with Crippen LogP contribution in [0.2, 0.25) is 0 Å². The molecule has 0 aliphatic rings. The lowest BCUT2D eigenvalue weighted by Gasteiger charge is -2.15. The van der Waals surface area contributed by atoms with Crippen LogP contribution >= 0.6 is 0 Å². The smallest absolute Gasteiger partial charge is 0.325 e. The molecule has 2 N–H and O–H groups in total. The van der Waals surface area contributed by atoms with Crippen LogP contribution in [0.25, 0.3) is 6.08 Å². The molecule has 0 aromatic heterocycles. The summed E-state index contributed by atoms with van der Waals surface area (Å²) in [5, 5.41) is 15.9. The molecular formula is C31H22F3N3O5. The van der Waals surface area contributed by atoms with E-state index >= 15 is 0 Å². The van der Waals surface area contributed by atoms with E-state index in [4.69, 9.17) is 0 Å². The lowest BCUT2D eigenvalue weighted by Crippen LogP contribution is -2.20. The average molecular weight is 574 g/mol. The highest BCUT2D eigenvalue weighted by molar-refractivity contribution is 6.15. The summed E-state index contributed by atoms with van der Waals surface area (Å²) >= 11 is 0. The first-order valence-corrected chi connectivity index (χ1v) is 12.4. The molecule has 0 heterocycles. The van der Waals surface area contributed by atoms with Gasteiger partial charge in [-0.3, -0.25) is 24.5 Å². The maximum atomic E-state index is 13.4. The predicted molar refractivity (Wildman–Crippen MR) is 151 cm³/mol. The number of hydrogen-bond donors (Lipinski definition) is 2. The molecule has 2 amide bonds. The van der Waals surface area contributed by atoms with Gasteiger partial charge in [0.15, 0.2) is 5.78 Å². The molecular weight excluding hydrogens is 551 g/mol. The molecule has 4 aromatic rings. The quantitative estimate of drug-likeness (QED) is 0.100. The van der Waals surface area contributed by atoms with Crippen molar-refractivity contribution in [2.24, 2.45) is 0 Å². The zero-order valence-corrected chi connectivity index (χ0v) is 21.7. The molecule has 212 valence electrons. The number of benzene rings is 4. The first kappa shape index (κ1) is 29.4. The first-order chi connectivity index (χ1) is 20.0. The molecule has 0 saturated heterocycles. The minimum Gasteiger partial charge on any atom is -0.325 e. The van der Waals surface area contributed by atoms with Crippen LogP contribution in [0, 0.1) is 10.1 Å². The van der Waals surface area contributed by atoms with Crippen LogP contribution in [-0.2, 0) is 22.2 Å². The van der Waals surface area contributed by atoms with Crippen molar-refractivity contribution in [3.8, 4) is 0 Å². The highest BCUT2D eigenvalue weighted by atomic mass is 19.4. The van der Waals surface area contributed by atoms with Gasteiger partial charge in [-0.1, -0.05) is 48.5 Å². The Balaban J connectivity index is 1.56. The molecule has 0 spiro atoms. The molecule has 42 heavy (non-hydrogen) atoms. The number of nitro benzene ring substituents is 1. The first-order valence-electron chi connectivity index (χ1n) is 12.4. The Bertz CT molecular complexity index is 1670. The fourth-order valence-electron chi connectivity index (χ4n) is 4.05. The van der Waals surface area contributed by atoms with E-state index in [9.17, 15) is 37.7 Å². The number of nitro groups is 1. The van der Waals surface area contributed by atoms with Crippen molar-refractivity contribution in [2.75, 3.05) is 10.6 Å². The molecule has 0 fully saturated rings. The van der Waals surface area contributed by atoms with Gasteiger partial charge in [0, 0.05) is 35.0 Å².